The van der Waals surface area contributed by atoms with Crippen molar-refractivity contribution < 1.29 is 13.9 Å². The number of amides is 1. The third-order valence-electron chi connectivity index (χ3n) is 1.90. The fourth-order valence-electron chi connectivity index (χ4n) is 1.22. The van der Waals surface area contributed by atoms with Crippen LogP contribution >= 0.6 is 11.6 Å². The molecule has 2 rings (SSSR count). The number of hydrogen-bond acceptors (Lipinski definition) is 2. The number of nitrogens with one attached hydrogen (secondary N) is 1. The first kappa shape index (κ1) is 9.27. The second-order valence-corrected chi connectivity index (χ2v) is 3.33. The van der Waals surface area contributed by atoms with Gasteiger partial charge in [0.2, 0.25) is 6.10 Å². The number of alkyl halides is 1. The molecule has 1 aromatic carbocycles. The fraction of sp³-hybridized carbons (Fsp3) is 0.222. The molecule has 0 radical (unpaired) electrons. The first-order chi connectivity index (χ1) is 6.70. The van der Waals surface area contributed by atoms with Gasteiger partial charge in [0.05, 0.1) is 5.69 Å². The Balaban J connectivity index is 2.35. The molecule has 1 atom stereocenters. The van der Waals surface area contributed by atoms with E-state index in [-0.39, 0.29) is 0 Å². The third kappa shape index (κ3) is 1.53. The van der Waals surface area contributed by atoms with Gasteiger partial charge in [-0.1, -0.05) is 11.6 Å². The van der Waals surface area contributed by atoms with Crippen molar-refractivity contribution >= 4 is 23.2 Å². The van der Waals surface area contributed by atoms with Crippen LogP contribution in [0.1, 0.15) is 0 Å². The maximum absolute atomic E-state index is 12.3. The summed E-state index contributed by atoms with van der Waals surface area (Å²) >= 11 is 5.71. The Morgan fingerprint density at radius 2 is 2.36 bits per heavy atom. The average molecular weight is 216 g/mol. The van der Waals surface area contributed by atoms with Crippen LogP contribution in [0.4, 0.5) is 10.1 Å². The molecule has 1 aliphatic rings. The number of hydrogen-bond donors (Lipinski definition) is 1. The van der Waals surface area contributed by atoms with E-state index in [0.717, 1.165) is 0 Å². The monoisotopic (exact) mass is 215 g/mol. The smallest absolute Gasteiger partial charge is 0.268 e. The van der Waals surface area contributed by atoms with Gasteiger partial charge < -0.3 is 10.1 Å². The van der Waals surface area contributed by atoms with Gasteiger partial charge in [-0.25, -0.2) is 4.39 Å². The topological polar surface area (TPSA) is 38.3 Å². The SMILES string of the molecule is O=C1Nc2cc(Cl)ccc2OC1CF. The highest BCUT2D eigenvalue weighted by molar-refractivity contribution is 6.31. The predicted molar refractivity (Wildman–Crippen MR) is 50.5 cm³/mol. The van der Waals surface area contributed by atoms with E-state index >= 15 is 0 Å². The molecule has 1 aromatic rings. The second kappa shape index (κ2) is 3.46. The lowest BCUT2D eigenvalue weighted by Crippen LogP contribution is -2.38. The van der Waals surface area contributed by atoms with Crippen LogP contribution in [0.15, 0.2) is 18.2 Å². The Bertz CT molecular complexity index is 383. The molecule has 1 amide bonds. The highest BCUT2D eigenvalue weighted by Crippen LogP contribution is 2.31. The maximum atomic E-state index is 12.3. The molecule has 14 heavy (non-hydrogen) atoms. The van der Waals surface area contributed by atoms with Gasteiger partial charge in [-0.2, -0.15) is 0 Å². The van der Waals surface area contributed by atoms with Gasteiger partial charge in [0.25, 0.3) is 5.91 Å². The van der Waals surface area contributed by atoms with Gasteiger partial charge in [-0.3, -0.25) is 4.79 Å². The van der Waals surface area contributed by atoms with Crippen LogP contribution in [-0.2, 0) is 4.79 Å². The van der Waals surface area contributed by atoms with Crippen LogP contribution in [-0.4, -0.2) is 18.7 Å². The van der Waals surface area contributed by atoms with Gasteiger partial charge in [0.1, 0.15) is 12.4 Å². The fourth-order valence-corrected chi connectivity index (χ4v) is 1.40. The molecule has 74 valence electrons. The summed E-state index contributed by atoms with van der Waals surface area (Å²) in [6, 6.07) is 4.77. The summed E-state index contributed by atoms with van der Waals surface area (Å²) in [6.07, 6.45) is -1.05. The number of ether oxygens (including phenoxy) is 1. The predicted octanol–water partition coefficient (Wildman–Crippen LogP) is 2.01. The number of fused-ring (bicyclic) bond motifs is 1. The number of carbonyl (C=O) groups excluding carboxylic acids is 1. The van der Waals surface area contributed by atoms with Crippen molar-refractivity contribution in [3.63, 3.8) is 0 Å². The minimum atomic E-state index is -1.05. The van der Waals surface area contributed by atoms with Crippen LogP contribution in [0.3, 0.4) is 0 Å². The van der Waals surface area contributed by atoms with Crippen molar-refractivity contribution in [2.45, 2.75) is 6.10 Å². The van der Waals surface area contributed by atoms with Crippen molar-refractivity contribution in [2.75, 3.05) is 12.0 Å². The van der Waals surface area contributed by atoms with Gasteiger partial charge >= 0.3 is 0 Å². The molecular formula is C9H7ClFNO2. The van der Waals surface area contributed by atoms with E-state index in [2.05, 4.69) is 5.32 Å². The molecule has 1 N–H and O–H groups in total. The van der Waals surface area contributed by atoms with Gasteiger partial charge in [0.15, 0.2) is 0 Å². The van der Waals surface area contributed by atoms with Gasteiger partial charge in [-0.15, -0.1) is 0 Å². The van der Waals surface area contributed by atoms with Gasteiger partial charge in [0, 0.05) is 5.02 Å². The van der Waals surface area contributed by atoms with Gasteiger partial charge in [-0.05, 0) is 18.2 Å². The number of benzene rings is 1. The molecule has 1 unspecified atom stereocenters. The van der Waals surface area contributed by atoms with Crippen LogP contribution in [0, 0.1) is 0 Å². The van der Waals surface area contributed by atoms with E-state index in [1.54, 1.807) is 18.2 Å². The molecule has 0 aromatic heterocycles. The molecule has 0 bridgehead atoms. The van der Waals surface area contributed by atoms with Crippen LogP contribution < -0.4 is 10.1 Å². The maximum Gasteiger partial charge on any atom is 0.268 e. The number of halogens is 2. The molecule has 0 aliphatic carbocycles. The first-order valence-corrected chi connectivity index (χ1v) is 4.41. The zero-order valence-electron chi connectivity index (χ0n) is 7.09. The number of rotatable bonds is 1. The quantitative estimate of drug-likeness (QED) is 0.778. The minimum absolute atomic E-state index is 0.441. The normalized spacial score (nSPS) is 19.6. The summed E-state index contributed by atoms with van der Waals surface area (Å²) in [7, 11) is 0. The van der Waals surface area contributed by atoms with E-state index in [4.69, 9.17) is 16.3 Å². The zero-order valence-corrected chi connectivity index (χ0v) is 7.84. The van der Waals surface area contributed by atoms with E-state index in [1.807, 2.05) is 0 Å². The molecule has 0 saturated heterocycles. The molecular weight excluding hydrogens is 209 g/mol. The summed E-state index contributed by atoms with van der Waals surface area (Å²) in [5.41, 5.74) is 0.479. The largest absolute Gasteiger partial charge is 0.476 e. The van der Waals surface area contributed by atoms with Crippen LogP contribution in [0.5, 0.6) is 5.75 Å². The zero-order chi connectivity index (χ0) is 10.1. The highest BCUT2D eigenvalue weighted by atomic mass is 35.5. The summed E-state index contributed by atoms with van der Waals surface area (Å²) in [5.74, 6) is -0.0427. The Morgan fingerprint density at radius 1 is 1.57 bits per heavy atom. The number of carbonyl (C=O) groups is 1. The summed E-state index contributed by atoms with van der Waals surface area (Å²) in [5, 5.41) is 3.01. The van der Waals surface area contributed by atoms with Crippen LogP contribution in [0.2, 0.25) is 5.02 Å². The van der Waals surface area contributed by atoms with E-state index in [9.17, 15) is 9.18 Å². The van der Waals surface area contributed by atoms with Crippen molar-refractivity contribution in [3.05, 3.63) is 23.2 Å². The van der Waals surface area contributed by atoms with Crippen molar-refractivity contribution in [2.24, 2.45) is 0 Å². The standard InChI is InChI=1S/C9H7ClFNO2/c10-5-1-2-7-6(3-5)12-9(13)8(4-11)14-7/h1-3,8H,4H2,(H,12,13). The molecule has 5 heteroatoms. The third-order valence-corrected chi connectivity index (χ3v) is 2.14. The lowest BCUT2D eigenvalue weighted by Gasteiger charge is -2.23. The Kier molecular flexibility index (Phi) is 2.29. The average Bonchev–Trinajstić information content (AvgIpc) is 2.16. The van der Waals surface area contributed by atoms with Crippen molar-refractivity contribution in [1.29, 1.82) is 0 Å². The molecule has 0 saturated carbocycles. The first-order valence-electron chi connectivity index (χ1n) is 4.04. The van der Waals surface area contributed by atoms with Crippen LogP contribution in [0.25, 0.3) is 0 Å². The molecule has 1 aliphatic heterocycles. The molecule has 3 nitrogen and oxygen atoms in total. The molecule has 0 fully saturated rings. The summed E-state index contributed by atoms with van der Waals surface area (Å²) in [6.45, 7) is -0.839. The van der Waals surface area contributed by atoms with E-state index in [1.165, 1.54) is 0 Å². The van der Waals surface area contributed by atoms with E-state index in [0.29, 0.717) is 16.5 Å². The lowest BCUT2D eigenvalue weighted by molar-refractivity contribution is -0.124. The minimum Gasteiger partial charge on any atom is -0.476 e. The highest BCUT2D eigenvalue weighted by Gasteiger charge is 2.27. The summed E-state index contributed by atoms with van der Waals surface area (Å²) in [4.78, 5) is 11.2. The molecule has 0 spiro atoms. The Labute approximate surface area is 84.8 Å². The lowest BCUT2D eigenvalue weighted by atomic mass is 10.2. The van der Waals surface area contributed by atoms with Crippen molar-refractivity contribution in [1.82, 2.24) is 0 Å². The van der Waals surface area contributed by atoms with E-state index < -0.39 is 18.7 Å². The second-order valence-electron chi connectivity index (χ2n) is 2.89. The molecule has 1 heterocycles. The summed E-state index contributed by atoms with van der Waals surface area (Å²) < 4.78 is 17.4. The van der Waals surface area contributed by atoms with Crippen molar-refractivity contribution in [3.8, 4) is 5.75 Å². The Hall–Kier alpha value is -1.29. The Morgan fingerprint density at radius 3 is 3.07 bits per heavy atom. The number of anilines is 1.